The fourth-order valence-electron chi connectivity index (χ4n) is 6.68. The first-order valence-corrected chi connectivity index (χ1v) is 16.4. The second-order valence-electron chi connectivity index (χ2n) is 13.5. The largest absolute Gasteiger partial charge is 0.481 e. The molecular formula is C37H47N5O5. The fourth-order valence-corrected chi connectivity index (χ4v) is 6.68. The molecule has 2 saturated heterocycles. The third kappa shape index (κ3) is 9.41. The van der Waals surface area contributed by atoms with Crippen LogP contribution in [0.5, 0.6) is 0 Å². The van der Waals surface area contributed by atoms with E-state index in [1.165, 1.54) is 0 Å². The Morgan fingerprint density at radius 2 is 1.36 bits per heavy atom. The summed E-state index contributed by atoms with van der Waals surface area (Å²) in [5.41, 5.74) is 2.05. The Morgan fingerprint density at radius 3 is 1.91 bits per heavy atom. The molecule has 2 fully saturated rings. The Balaban J connectivity index is 1.50. The number of carbonyl (C=O) groups excluding carboxylic acids is 2. The van der Waals surface area contributed by atoms with Crippen LogP contribution < -0.4 is 10.6 Å². The van der Waals surface area contributed by atoms with E-state index >= 15 is 0 Å². The van der Waals surface area contributed by atoms with E-state index in [1.54, 1.807) is 37.8 Å². The van der Waals surface area contributed by atoms with Gasteiger partial charge in [-0.05, 0) is 44.0 Å². The van der Waals surface area contributed by atoms with Gasteiger partial charge in [0.15, 0.2) is 0 Å². The molecule has 2 aliphatic heterocycles. The predicted molar refractivity (Wildman–Crippen MR) is 182 cm³/mol. The number of benzene rings is 3. The van der Waals surface area contributed by atoms with Crippen LogP contribution in [0, 0.1) is 11.8 Å². The number of piperazine rings is 2. The summed E-state index contributed by atoms with van der Waals surface area (Å²) >= 11 is 0. The standard InChI is InChI=1S/C37H47N5O5/c1-37(2,3)47-36(46)42-22-21-41(24-28-15-9-5-10-16-28)26-31(42)33(35(44)45)32(34(43)39-29-17-11-6-12-18-29)30-25-40(20-19-38-30)23-27-13-7-4-8-14-27/h4-18,30-33,38H,19-26H2,1-3H3,(H,39,43)(H,44,45)/t30-,31-,32?,33?/m0/s1. The number of ether oxygens (including phenoxy) is 1. The summed E-state index contributed by atoms with van der Waals surface area (Å²) < 4.78 is 5.81. The molecule has 3 N–H and O–H groups in total. The van der Waals surface area contributed by atoms with E-state index in [2.05, 4.69) is 32.6 Å². The average Bonchev–Trinajstić information content (AvgIpc) is 3.04. The number of nitrogens with one attached hydrogen (secondary N) is 2. The molecule has 0 radical (unpaired) electrons. The maximum Gasteiger partial charge on any atom is 0.410 e. The molecule has 3 aromatic carbocycles. The summed E-state index contributed by atoms with van der Waals surface area (Å²) in [6.45, 7) is 9.59. The van der Waals surface area contributed by atoms with Crippen molar-refractivity contribution in [1.82, 2.24) is 20.0 Å². The molecule has 10 heteroatoms. The summed E-state index contributed by atoms with van der Waals surface area (Å²) in [5, 5.41) is 17.5. The minimum atomic E-state index is -1.22. The third-order valence-electron chi connectivity index (χ3n) is 8.78. The van der Waals surface area contributed by atoms with Crippen LogP contribution in [-0.4, -0.2) is 94.7 Å². The summed E-state index contributed by atoms with van der Waals surface area (Å²) in [7, 11) is 0. The van der Waals surface area contributed by atoms with Gasteiger partial charge in [0.1, 0.15) is 5.60 Å². The number of anilines is 1. The molecule has 0 spiro atoms. The van der Waals surface area contributed by atoms with Crippen LogP contribution in [0.4, 0.5) is 10.5 Å². The van der Waals surface area contributed by atoms with E-state index < -0.39 is 47.5 Å². The SMILES string of the molecule is CC(C)(C)OC(=O)N1CCN(Cc2ccccc2)C[C@H]1C(C(=O)O)C(C(=O)Nc1ccccc1)[C@@H]1CN(Cc2ccccc2)CCN1. The Labute approximate surface area is 277 Å². The molecule has 0 bridgehead atoms. The van der Waals surface area contributed by atoms with E-state index in [0.29, 0.717) is 38.4 Å². The van der Waals surface area contributed by atoms with Crippen molar-refractivity contribution in [3.63, 3.8) is 0 Å². The lowest BCUT2D eigenvalue weighted by atomic mass is 9.78. The van der Waals surface area contributed by atoms with Gasteiger partial charge in [0.25, 0.3) is 0 Å². The number of aliphatic carboxylic acids is 1. The number of carboxylic acid groups (broad SMARTS) is 1. The Morgan fingerprint density at radius 1 is 0.809 bits per heavy atom. The minimum Gasteiger partial charge on any atom is -0.481 e. The van der Waals surface area contributed by atoms with Crippen LogP contribution >= 0.6 is 0 Å². The van der Waals surface area contributed by atoms with E-state index in [4.69, 9.17) is 4.74 Å². The monoisotopic (exact) mass is 641 g/mol. The molecule has 0 aromatic heterocycles. The van der Waals surface area contributed by atoms with Crippen LogP contribution in [0.2, 0.25) is 0 Å². The number of hydrogen-bond acceptors (Lipinski definition) is 7. The van der Waals surface area contributed by atoms with Gasteiger partial charge in [-0.1, -0.05) is 78.9 Å². The van der Waals surface area contributed by atoms with E-state index in [0.717, 1.165) is 17.7 Å². The molecule has 47 heavy (non-hydrogen) atoms. The van der Waals surface area contributed by atoms with E-state index in [1.807, 2.05) is 66.7 Å². The lowest BCUT2D eigenvalue weighted by Crippen LogP contribution is -2.65. The number of rotatable bonds is 10. The highest BCUT2D eigenvalue weighted by molar-refractivity contribution is 5.96. The molecule has 250 valence electrons. The predicted octanol–water partition coefficient (Wildman–Crippen LogP) is 4.54. The first kappa shape index (κ1) is 34.1. The lowest BCUT2D eigenvalue weighted by Gasteiger charge is -2.47. The van der Waals surface area contributed by atoms with Crippen molar-refractivity contribution < 1.29 is 24.2 Å². The van der Waals surface area contributed by atoms with Crippen LogP contribution in [0.25, 0.3) is 0 Å². The number of hydrogen-bond donors (Lipinski definition) is 3. The second-order valence-corrected chi connectivity index (χ2v) is 13.5. The molecule has 2 amide bonds. The van der Waals surface area contributed by atoms with Crippen molar-refractivity contribution in [1.29, 1.82) is 0 Å². The molecular weight excluding hydrogens is 594 g/mol. The minimum absolute atomic E-state index is 0.278. The van der Waals surface area contributed by atoms with Crippen molar-refractivity contribution in [2.24, 2.45) is 11.8 Å². The summed E-state index contributed by atoms with van der Waals surface area (Å²) in [4.78, 5) is 47.5. The number of nitrogens with zero attached hydrogens (tertiary/aromatic N) is 3. The quantitative estimate of drug-likeness (QED) is 0.296. The molecule has 3 aromatic rings. The van der Waals surface area contributed by atoms with Crippen molar-refractivity contribution in [2.45, 2.75) is 51.5 Å². The van der Waals surface area contributed by atoms with Crippen molar-refractivity contribution >= 4 is 23.7 Å². The van der Waals surface area contributed by atoms with Crippen LogP contribution in [0.15, 0.2) is 91.0 Å². The summed E-state index contributed by atoms with van der Waals surface area (Å²) in [6.07, 6.45) is -0.572. The maximum atomic E-state index is 14.4. The maximum absolute atomic E-state index is 14.4. The number of carbonyl (C=O) groups is 3. The Bertz CT molecular complexity index is 1470. The molecule has 4 atom stereocenters. The van der Waals surface area contributed by atoms with Gasteiger partial charge in [0, 0.05) is 64.1 Å². The summed E-state index contributed by atoms with van der Waals surface area (Å²) in [6, 6.07) is 27.9. The molecule has 2 heterocycles. The van der Waals surface area contributed by atoms with Crippen LogP contribution in [0.1, 0.15) is 31.9 Å². The van der Waals surface area contributed by atoms with Gasteiger partial charge in [0.2, 0.25) is 5.91 Å². The zero-order valence-corrected chi connectivity index (χ0v) is 27.5. The molecule has 10 nitrogen and oxygen atoms in total. The van der Waals surface area contributed by atoms with Gasteiger partial charge in [-0.2, -0.15) is 0 Å². The molecule has 2 unspecified atom stereocenters. The third-order valence-corrected chi connectivity index (χ3v) is 8.78. The normalized spacial score (nSPS) is 20.6. The van der Waals surface area contributed by atoms with E-state index in [9.17, 15) is 19.5 Å². The second kappa shape index (κ2) is 15.6. The molecule has 0 saturated carbocycles. The lowest BCUT2D eigenvalue weighted by molar-refractivity contribution is -0.152. The zero-order valence-electron chi connectivity index (χ0n) is 27.5. The van der Waals surface area contributed by atoms with Gasteiger partial charge in [0.05, 0.1) is 17.9 Å². The van der Waals surface area contributed by atoms with Crippen LogP contribution in [0.3, 0.4) is 0 Å². The van der Waals surface area contributed by atoms with E-state index in [-0.39, 0.29) is 13.1 Å². The number of amides is 2. The van der Waals surface area contributed by atoms with Gasteiger partial charge in [-0.25, -0.2) is 4.79 Å². The average molecular weight is 642 g/mol. The Hall–Kier alpha value is -4.25. The molecule has 2 aliphatic rings. The van der Waals surface area contributed by atoms with Crippen molar-refractivity contribution in [2.75, 3.05) is 44.6 Å². The highest BCUT2D eigenvalue weighted by Crippen LogP contribution is 2.31. The zero-order chi connectivity index (χ0) is 33.4. The van der Waals surface area contributed by atoms with Gasteiger partial charge >= 0.3 is 12.1 Å². The highest BCUT2D eigenvalue weighted by Gasteiger charge is 2.50. The number of para-hydroxylation sites is 1. The fraction of sp³-hybridized carbons (Fsp3) is 0.432. The summed E-state index contributed by atoms with van der Waals surface area (Å²) in [5.74, 6) is -3.75. The first-order valence-electron chi connectivity index (χ1n) is 16.4. The molecule has 0 aliphatic carbocycles. The topological polar surface area (TPSA) is 114 Å². The van der Waals surface area contributed by atoms with Crippen molar-refractivity contribution in [3.05, 3.63) is 102 Å². The Kier molecular flexibility index (Phi) is 11.3. The highest BCUT2D eigenvalue weighted by atomic mass is 16.6. The molecule has 5 rings (SSSR count). The first-order chi connectivity index (χ1) is 22.6. The van der Waals surface area contributed by atoms with Gasteiger partial charge in [-0.3, -0.25) is 19.4 Å². The smallest absolute Gasteiger partial charge is 0.410 e. The van der Waals surface area contributed by atoms with Crippen molar-refractivity contribution in [3.8, 4) is 0 Å². The van der Waals surface area contributed by atoms with Gasteiger partial charge in [-0.15, -0.1) is 0 Å². The number of carboxylic acids is 1. The van der Waals surface area contributed by atoms with Crippen LogP contribution in [-0.2, 0) is 27.4 Å². The van der Waals surface area contributed by atoms with Gasteiger partial charge < -0.3 is 25.4 Å².